The van der Waals surface area contributed by atoms with Crippen LogP contribution in [0.5, 0.6) is 0 Å². The van der Waals surface area contributed by atoms with Crippen LogP contribution < -0.4 is 10.6 Å². The van der Waals surface area contributed by atoms with Crippen LogP contribution in [-0.2, 0) is 20.3 Å². The maximum absolute atomic E-state index is 12.2. The van der Waals surface area contributed by atoms with Crippen molar-refractivity contribution in [3.05, 3.63) is 30.3 Å². The first-order valence-electron chi connectivity index (χ1n) is 8.30. The molecule has 25 heavy (non-hydrogen) atoms. The van der Waals surface area contributed by atoms with E-state index in [0.29, 0.717) is 38.7 Å². The van der Waals surface area contributed by atoms with Gasteiger partial charge < -0.3 is 20.1 Å². The topological polar surface area (TPSA) is 72.0 Å². The average Bonchev–Trinajstić information content (AvgIpc) is 2.61. The molecule has 0 fully saturated rings. The molecule has 0 aliphatic carbocycles. The highest BCUT2D eigenvalue weighted by Gasteiger charge is 2.03. The monoisotopic (exact) mass is 483 g/mol. The lowest BCUT2D eigenvalue weighted by Crippen LogP contribution is -2.39. The van der Waals surface area contributed by atoms with Gasteiger partial charge in [0.15, 0.2) is 5.96 Å². The van der Waals surface area contributed by atoms with Gasteiger partial charge in [-0.1, -0.05) is 18.2 Å². The van der Waals surface area contributed by atoms with E-state index in [0.717, 1.165) is 23.8 Å². The van der Waals surface area contributed by atoms with Crippen molar-refractivity contribution in [2.75, 3.05) is 52.3 Å². The molecule has 2 N–H and O–H groups in total. The molecular formula is C17H30IN3O3S. The standard InChI is InChI=1S/C17H29N3O3S.HI/c1-3-18-17(19-10-7-12-23-14-13-22-2)20-11-15-24(21)16-8-5-4-6-9-16;/h4-6,8-9H,3,7,10-15H2,1-2H3,(H2,18,19,20);1H. The fourth-order valence-corrected chi connectivity index (χ4v) is 2.88. The largest absolute Gasteiger partial charge is 0.382 e. The SMILES string of the molecule is CCNC(=NCCCOCCOC)NCCS(=O)c1ccccc1.I. The third kappa shape index (κ3) is 12.3. The Hall–Kier alpha value is -0.710. The molecule has 0 heterocycles. The van der Waals surface area contributed by atoms with Gasteiger partial charge in [-0.2, -0.15) is 0 Å². The zero-order chi connectivity index (χ0) is 17.5. The highest BCUT2D eigenvalue weighted by atomic mass is 127. The fourth-order valence-electron chi connectivity index (χ4n) is 1.90. The predicted molar refractivity (Wildman–Crippen MR) is 114 cm³/mol. The highest BCUT2D eigenvalue weighted by Crippen LogP contribution is 2.04. The van der Waals surface area contributed by atoms with Crippen LogP contribution in [0.4, 0.5) is 0 Å². The summed E-state index contributed by atoms with van der Waals surface area (Å²) in [5.74, 6) is 1.30. The molecule has 6 nitrogen and oxygen atoms in total. The van der Waals surface area contributed by atoms with Crippen LogP contribution in [-0.4, -0.2) is 62.5 Å². The molecule has 0 amide bonds. The van der Waals surface area contributed by atoms with E-state index in [4.69, 9.17) is 9.47 Å². The van der Waals surface area contributed by atoms with Crippen molar-refractivity contribution in [3.8, 4) is 0 Å². The number of methoxy groups -OCH3 is 1. The third-order valence-electron chi connectivity index (χ3n) is 3.08. The fraction of sp³-hybridized carbons (Fsp3) is 0.588. The van der Waals surface area contributed by atoms with Gasteiger partial charge in [0.2, 0.25) is 0 Å². The maximum Gasteiger partial charge on any atom is 0.191 e. The van der Waals surface area contributed by atoms with Gasteiger partial charge in [-0.05, 0) is 25.5 Å². The summed E-state index contributed by atoms with van der Waals surface area (Å²) in [5.41, 5.74) is 0. The van der Waals surface area contributed by atoms with Crippen molar-refractivity contribution >= 4 is 40.7 Å². The Morgan fingerprint density at radius 1 is 1.16 bits per heavy atom. The molecule has 8 heteroatoms. The van der Waals surface area contributed by atoms with Gasteiger partial charge >= 0.3 is 0 Å². The maximum atomic E-state index is 12.2. The number of hydrogen-bond donors (Lipinski definition) is 2. The summed E-state index contributed by atoms with van der Waals surface area (Å²) >= 11 is 0. The van der Waals surface area contributed by atoms with Crippen molar-refractivity contribution in [2.45, 2.75) is 18.2 Å². The molecule has 0 aliphatic rings. The number of aliphatic imine (C=N–C) groups is 1. The smallest absolute Gasteiger partial charge is 0.191 e. The summed E-state index contributed by atoms with van der Waals surface area (Å²) in [6.45, 7) is 6.01. The Labute approximate surface area is 170 Å². The number of hydrogen-bond acceptors (Lipinski definition) is 4. The summed E-state index contributed by atoms with van der Waals surface area (Å²) in [5, 5.41) is 6.40. The number of halogens is 1. The molecular weight excluding hydrogens is 453 g/mol. The van der Waals surface area contributed by atoms with Crippen molar-refractivity contribution in [2.24, 2.45) is 4.99 Å². The molecule has 1 atom stereocenters. The molecule has 0 aliphatic heterocycles. The van der Waals surface area contributed by atoms with E-state index in [1.54, 1.807) is 7.11 Å². The second-order valence-corrected chi connectivity index (χ2v) is 6.58. The van der Waals surface area contributed by atoms with Gasteiger partial charge in [-0.15, -0.1) is 24.0 Å². The van der Waals surface area contributed by atoms with Crippen LogP contribution in [0.1, 0.15) is 13.3 Å². The zero-order valence-electron chi connectivity index (χ0n) is 15.0. The first kappa shape index (κ1) is 24.3. The van der Waals surface area contributed by atoms with Crippen molar-refractivity contribution < 1.29 is 13.7 Å². The highest BCUT2D eigenvalue weighted by molar-refractivity contribution is 14.0. The Balaban J connectivity index is 0.00000576. The number of rotatable bonds is 12. The van der Waals surface area contributed by atoms with Crippen molar-refractivity contribution in [3.63, 3.8) is 0 Å². The molecule has 0 bridgehead atoms. The Bertz CT molecular complexity index is 489. The van der Waals surface area contributed by atoms with Gasteiger partial charge in [-0.25, -0.2) is 0 Å². The summed E-state index contributed by atoms with van der Waals surface area (Å²) in [6.07, 6.45) is 0.857. The van der Waals surface area contributed by atoms with Crippen LogP contribution in [0.25, 0.3) is 0 Å². The molecule has 0 saturated heterocycles. The molecule has 144 valence electrons. The third-order valence-corrected chi connectivity index (χ3v) is 4.45. The average molecular weight is 483 g/mol. The summed E-state index contributed by atoms with van der Waals surface area (Å²) in [4.78, 5) is 5.34. The van der Waals surface area contributed by atoms with E-state index in [2.05, 4.69) is 15.6 Å². The first-order valence-corrected chi connectivity index (χ1v) is 9.62. The van der Waals surface area contributed by atoms with Crippen LogP contribution in [0.2, 0.25) is 0 Å². The molecule has 1 aromatic rings. The summed E-state index contributed by atoms with van der Waals surface area (Å²) in [6, 6.07) is 9.51. The van der Waals surface area contributed by atoms with Gasteiger partial charge in [0.05, 0.1) is 24.0 Å². The van der Waals surface area contributed by atoms with E-state index >= 15 is 0 Å². The minimum absolute atomic E-state index is 0. The lowest BCUT2D eigenvalue weighted by molar-refractivity contribution is 0.0702. The second-order valence-electron chi connectivity index (χ2n) is 5.01. The van der Waals surface area contributed by atoms with Crippen LogP contribution in [0.15, 0.2) is 40.2 Å². The summed E-state index contributed by atoms with van der Waals surface area (Å²) in [7, 11) is 0.667. The van der Waals surface area contributed by atoms with Gasteiger partial charge in [0.1, 0.15) is 0 Å². The Kier molecular flexibility index (Phi) is 16.3. The zero-order valence-corrected chi connectivity index (χ0v) is 18.2. The Morgan fingerprint density at radius 2 is 1.92 bits per heavy atom. The number of ether oxygens (including phenoxy) is 2. The van der Waals surface area contributed by atoms with E-state index < -0.39 is 10.8 Å². The van der Waals surface area contributed by atoms with Crippen LogP contribution in [0, 0.1) is 0 Å². The molecule has 0 saturated carbocycles. The quantitative estimate of drug-likeness (QED) is 0.206. The lowest BCUT2D eigenvalue weighted by atomic mass is 10.4. The molecule has 1 rings (SSSR count). The van der Waals surface area contributed by atoms with Crippen LogP contribution >= 0.6 is 24.0 Å². The van der Waals surface area contributed by atoms with Crippen molar-refractivity contribution in [1.82, 2.24) is 10.6 Å². The van der Waals surface area contributed by atoms with E-state index in [-0.39, 0.29) is 24.0 Å². The Morgan fingerprint density at radius 3 is 2.60 bits per heavy atom. The first-order chi connectivity index (χ1) is 11.8. The predicted octanol–water partition coefficient (Wildman–Crippen LogP) is 2.02. The molecule has 0 radical (unpaired) electrons. The lowest BCUT2D eigenvalue weighted by Gasteiger charge is -2.11. The second kappa shape index (κ2) is 16.7. The summed E-state index contributed by atoms with van der Waals surface area (Å²) < 4.78 is 22.5. The van der Waals surface area contributed by atoms with E-state index in [1.165, 1.54) is 0 Å². The molecule has 0 aromatic heterocycles. The van der Waals surface area contributed by atoms with E-state index in [1.807, 2.05) is 37.3 Å². The minimum Gasteiger partial charge on any atom is -0.382 e. The number of benzene rings is 1. The minimum atomic E-state index is -0.993. The van der Waals surface area contributed by atoms with E-state index in [9.17, 15) is 4.21 Å². The number of guanidine groups is 1. The number of nitrogens with one attached hydrogen (secondary N) is 2. The number of nitrogens with zero attached hydrogens (tertiary/aromatic N) is 1. The van der Waals surface area contributed by atoms with Crippen molar-refractivity contribution in [1.29, 1.82) is 0 Å². The molecule has 1 unspecified atom stereocenters. The molecule has 1 aromatic carbocycles. The van der Waals surface area contributed by atoms with Gasteiger partial charge in [0.25, 0.3) is 0 Å². The normalized spacial score (nSPS) is 12.3. The molecule has 0 spiro atoms. The van der Waals surface area contributed by atoms with Gasteiger partial charge in [-0.3, -0.25) is 9.20 Å². The van der Waals surface area contributed by atoms with Crippen LogP contribution in [0.3, 0.4) is 0 Å². The van der Waals surface area contributed by atoms with Gasteiger partial charge in [0, 0.05) is 44.0 Å².